The van der Waals surface area contributed by atoms with Gasteiger partial charge in [-0.1, -0.05) is 26.7 Å². The predicted molar refractivity (Wildman–Crippen MR) is 86.2 cm³/mol. The lowest BCUT2D eigenvalue weighted by Crippen LogP contribution is -2.31. The average Bonchev–Trinajstić information content (AvgIpc) is 2.48. The van der Waals surface area contributed by atoms with E-state index in [4.69, 9.17) is 11.5 Å². The summed E-state index contributed by atoms with van der Waals surface area (Å²) in [4.78, 5) is 34.9. The molecule has 5 N–H and O–H groups in total. The van der Waals surface area contributed by atoms with E-state index in [-0.39, 0.29) is 34.4 Å². The number of rotatable bonds is 7. The van der Waals surface area contributed by atoms with Gasteiger partial charge >= 0.3 is 12.1 Å². The van der Waals surface area contributed by atoms with Crippen LogP contribution in [-0.2, 0) is 17.6 Å². The molecule has 0 bridgehead atoms. The number of carbonyl (C=O) groups is 3. The number of carbonyl (C=O) groups excluding carboxylic acids is 3. The van der Waals surface area contributed by atoms with E-state index in [1.807, 2.05) is 0 Å². The Labute approximate surface area is 142 Å². The summed E-state index contributed by atoms with van der Waals surface area (Å²) in [6, 6.07) is 1.08. The molecule has 1 rings (SSSR count). The lowest BCUT2D eigenvalue weighted by Gasteiger charge is -2.20. The Balaban J connectivity index is 3.72. The summed E-state index contributed by atoms with van der Waals surface area (Å²) in [7, 11) is 0. The average molecular weight is 359 g/mol. The number of hydrogen-bond donors (Lipinski definition) is 3. The third-order valence-electron chi connectivity index (χ3n) is 3.56. The zero-order valence-electron chi connectivity index (χ0n) is 13.9. The molecule has 0 aliphatic heterocycles. The predicted octanol–water partition coefficient (Wildman–Crippen LogP) is 2.29. The summed E-state index contributed by atoms with van der Waals surface area (Å²) < 4.78 is 37.7. The molecule has 0 radical (unpaired) electrons. The summed E-state index contributed by atoms with van der Waals surface area (Å²) in [5.41, 5.74) is 10.7. The Morgan fingerprint density at radius 1 is 1.00 bits per heavy atom. The van der Waals surface area contributed by atoms with Crippen LogP contribution in [0.15, 0.2) is 6.07 Å². The van der Waals surface area contributed by atoms with Crippen molar-refractivity contribution in [2.24, 2.45) is 11.5 Å². The molecule has 0 fully saturated rings. The van der Waals surface area contributed by atoms with Crippen LogP contribution in [-0.4, -0.2) is 23.9 Å². The number of nitrogens with one attached hydrogen (secondary N) is 1. The van der Waals surface area contributed by atoms with Gasteiger partial charge in [0.1, 0.15) is 0 Å². The van der Waals surface area contributed by atoms with Crippen LogP contribution in [0.1, 0.15) is 58.5 Å². The summed E-state index contributed by atoms with van der Waals surface area (Å²) in [5, 5.41) is 1.72. The maximum absolute atomic E-state index is 12.6. The van der Waals surface area contributed by atoms with Crippen LogP contribution < -0.4 is 16.8 Å². The van der Waals surface area contributed by atoms with Crippen LogP contribution in [0.4, 0.5) is 18.9 Å². The SMILES string of the molecule is CCCc1c(NC(=O)C(F)(F)F)cc(C(N)=O)c(CCC)c1C(N)=O. The molecule has 138 valence electrons. The largest absolute Gasteiger partial charge is 0.471 e. The molecular weight excluding hydrogens is 339 g/mol. The first-order valence-corrected chi connectivity index (χ1v) is 7.71. The summed E-state index contributed by atoms with van der Waals surface area (Å²) in [6.07, 6.45) is -3.59. The van der Waals surface area contributed by atoms with Crippen LogP contribution in [0, 0.1) is 0 Å². The van der Waals surface area contributed by atoms with Gasteiger partial charge in [0.25, 0.3) is 0 Å². The fourth-order valence-corrected chi connectivity index (χ4v) is 2.61. The molecule has 0 aromatic heterocycles. The molecule has 25 heavy (non-hydrogen) atoms. The van der Waals surface area contributed by atoms with E-state index in [0.717, 1.165) is 6.07 Å². The standard InChI is InChI=1S/C16H20F3N3O3/c1-3-5-8-10(13(20)23)7-11(22-15(25)16(17,18)19)9(6-4-2)12(8)14(21)24/h7H,3-6H2,1-2H3,(H2,20,23)(H2,21,24)(H,22,25). The van der Waals surface area contributed by atoms with E-state index in [1.54, 1.807) is 19.2 Å². The Morgan fingerprint density at radius 3 is 1.92 bits per heavy atom. The van der Waals surface area contributed by atoms with Gasteiger partial charge in [0.15, 0.2) is 0 Å². The van der Waals surface area contributed by atoms with E-state index in [0.29, 0.717) is 19.3 Å². The van der Waals surface area contributed by atoms with Gasteiger partial charge in [0, 0.05) is 16.8 Å². The molecule has 1 aromatic rings. The van der Waals surface area contributed by atoms with E-state index < -0.39 is 23.9 Å². The fourth-order valence-electron chi connectivity index (χ4n) is 2.61. The molecule has 0 aliphatic carbocycles. The first-order valence-electron chi connectivity index (χ1n) is 7.71. The van der Waals surface area contributed by atoms with Crippen molar-refractivity contribution >= 4 is 23.4 Å². The Kier molecular flexibility index (Phi) is 6.55. The van der Waals surface area contributed by atoms with Crippen molar-refractivity contribution in [2.75, 3.05) is 5.32 Å². The van der Waals surface area contributed by atoms with E-state index >= 15 is 0 Å². The van der Waals surface area contributed by atoms with Crippen molar-refractivity contribution in [3.63, 3.8) is 0 Å². The lowest BCUT2D eigenvalue weighted by atomic mass is 9.88. The zero-order valence-corrected chi connectivity index (χ0v) is 13.9. The first kappa shape index (κ1) is 20.5. The van der Waals surface area contributed by atoms with Crippen molar-refractivity contribution in [3.8, 4) is 0 Å². The molecule has 9 heteroatoms. The maximum atomic E-state index is 12.6. The molecule has 3 amide bonds. The highest BCUT2D eigenvalue weighted by Crippen LogP contribution is 2.31. The number of amides is 3. The van der Waals surface area contributed by atoms with Crippen LogP contribution >= 0.6 is 0 Å². The molecule has 6 nitrogen and oxygen atoms in total. The minimum Gasteiger partial charge on any atom is -0.366 e. The van der Waals surface area contributed by atoms with Gasteiger partial charge in [-0.3, -0.25) is 14.4 Å². The second-order valence-corrected chi connectivity index (χ2v) is 5.48. The quantitative estimate of drug-likeness (QED) is 0.693. The van der Waals surface area contributed by atoms with E-state index in [9.17, 15) is 27.6 Å². The number of benzene rings is 1. The lowest BCUT2D eigenvalue weighted by molar-refractivity contribution is -0.167. The minimum absolute atomic E-state index is 0.0579. The summed E-state index contributed by atoms with van der Waals surface area (Å²) in [6.45, 7) is 3.55. The number of nitrogens with two attached hydrogens (primary N) is 2. The third kappa shape index (κ3) is 4.71. The summed E-state index contributed by atoms with van der Waals surface area (Å²) in [5.74, 6) is -4.02. The van der Waals surface area contributed by atoms with Crippen LogP contribution in [0.5, 0.6) is 0 Å². The second kappa shape index (κ2) is 8.00. The molecule has 1 aromatic carbocycles. The maximum Gasteiger partial charge on any atom is 0.471 e. The topological polar surface area (TPSA) is 115 Å². The van der Waals surface area contributed by atoms with Crippen LogP contribution in [0.3, 0.4) is 0 Å². The first-order chi connectivity index (χ1) is 11.5. The molecule has 0 aliphatic rings. The monoisotopic (exact) mass is 359 g/mol. The molecule has 0 saturated carbocycles. The molecule has 0 spiro atoms. The number of primary amides is 2. The molecular formula is C16H20F3N3O3. The fraction of sp³-hybridized carbons (Fsp3) is 0.438. The van der Waals surface area contributed by atoms with Gasteiger partial charge in [0.2, 0.25) is 11.8 Å². The van der Waals surface area contributed by atoms with Crippen molar-refractivity contribution < 1.29 is 27.6 Å². The Morgan fingerprint density at radius 2 is 1.52 bits per heavy atom. The normalized spacial score (nSPS) is 11.2. The Bertz CT molecular complexity index is 700. The van der Waals surface area contributed by atoms with Crippen molar-refractivity contribution in [1.82, 2.24) is 0 Å². The van der Waals surface area contributed by atoms with Crippen molar-refractivity contribution in [1.29, 1.82) is 0 Å². The smallest absolute Gasteiger partial charge is 0.366 e. The van der Waals surface area contributed by atoms with Gasteiger partial charge < -0.3 is 16.8 Å². The van der Waals surface area contributed by atoms with Crippen LogP contribution in [0.2, 0.25) is 0 Å². The Hall–Kier alpha value is -2.58. The van der Waals surface area contributed by atoms with Gasteiger partial charge in [-0.25, -0.2) is 0 Å². The van der Waals surface area contributed by atoms with E-state index in [1.165, 1.54) is 0 Å². The molecule has 0 unspecified atom stereocenters. The highest BCUT2D eigenvalue weighted by atomic mass is 19.4. The second-order valence-electron chi connectivity index (χ2n) is 5.48. The van der Waals surface area contributed by atoms with Gasteiger partial charge in [-0.2, -0.15) is 13.2 Å². The number of halogens is 3. The number of hydrogen-bond acceptors (Lipinski definition) is 3. The van der Waals surface area contributed by atoms with E-state index in [2.05, 4.69) is 0 Å². The minimum atomic E-state index is -5.12. The summed E-state index contributed by atoms with van der Waals surface area (Å²) >= 11 is 0. The molecule has 0 atom stereocenters. The van der Waals surface area contributed by atoms with Gasteiger partial charge in [0.05, 0.1) is 0 Å². The number of anilines is 1. The van der Waals surface area contributed by atoms with Crippen molar-refractivity contribution in [2.45, 2.75) is 45.7 Å². The third-order valence-corrected chi connectivity index (χ3v) is 3.56. The molecule has 0 saturated heterocycles. The zero-order chi connectivity index (χ0) is 19.4. The molecule has 0 heterocycles. The number of alkyl halides is 3. The highest BCUT2D eigenvalue weighted by molar-refractivity contribution is 6.06. The highest BCUT2D eigenvalue weighted by Gasteiger charge is 2.39. The van der Waals surface area contributed by atoms with Gasteiger partial charge in [-0.15, -0.1) is 0 Å². The van der Waals surface area contributed by atoms with Crippen LogP contribution in [0.25, 0.3) is 0 Å². The van der Waals surface area contributed by atoms with Gasteiger partial charge in [-0.05, 0) is 30.0 Å². The van der Waals surface area contributed by atoms with Crippen molar-refractivity contribution in [3.05, 3.63) is 28.3 Å².